The average Bonchev–Trinajstić information content (AvgIpc) is 2.23. The third-order valence-corrected chi connectivity index (χ3v) is 1.88. The van der Waals surface area contributed by atoms with Crippen molar-refractivity contribution in [3.63, 3.8) is 0 Å². The molecule has 1 N–H and O–H groups in total. The van der Waals surface area contributed by atoms with Gasteiger partial charge in [-0.25, -0.2) is 9.18 Å². The standard InChI is InChI=1S/C11H13FO4/c1-15-3-2-4-16-10-6-8(11(13)14)5-9(12)7-10/h5-7H,2-4H2,1H3,(H,13,14). The molecule has 0 radical (unpaired) electrons. The Balaban J connectivity index is 2.62. The first-order valence-electron chi connectivity index (χ1n) is 4.79. The molecule has 0 unspecified atom stereocenters. The minimum atomic E-state index is -1.18. The van der Waals surface area contributed by atoms with E-state index in [9.17, 15) is 9.18 Å². The molecule has 0 fully saturated rings. The van der Waals surface area contributed by atoms with Crippen LogP contribution >= 0.6 is 0 Å². The fourth-order valence-corrected chi connectivity index (χ4v) is 1.16. The number of halogens is 1. The Morgan fingerprint density at radius 1 is 1.38 bits per heavy atom. The minimum Gasteiger partial charge on any atom is -0.493 e. The maximum absolute atomic E-state index is 13.0. The molecule has 0 bridgehead atoms. The van der Waals surface area contributed by atoms with Gasteiger partial charge in [0.15, 0.2) is 0 Å². The van der Waals surface area contributed by atoms with Crippen LogP contribution in [-0.4, -0.2) is 31.4 Å². The van der Waals surface area contributed by atoms with Crippen LogP contribution in [0.3, 0.4) is 0 Å². The smallest absolute Gasteiger partial charge is 0.335 e. The summed E-state index contributed by atoms with van der Waals surface area (Å²) < 4.78 is 23.0. The van der Waals surface area contributed by atoms with Crippen LogP contribution in [0.2, 0.25) is 0 Å². The average molecular weight is 228 g/mol. The summed E-state index contributed by atoms with van der Waals surface area (Å²) >= 11 is 0. The van der Waals surface area contributed by atoms with Gasteiger partial charge in [0.05, 0.1) is 12.2 Å². The molecule has 0 aromatic heterocycles. The van der Waals surface area contributed by atoms with E-state index >= 15 is 0 Å². The summed E-state index contributed by atoms with van der Waals surface area (Å²) in [7, 11) is 1.57. The fraction of sp³-hybridized carbons (Fsp3) is 0.364. The van der Waals surface area contributed by atoms with E-state index in [0.717, 1.165) is 12.1 Å². The van der Waals surface area contributed by atoms with Gasteiger partial charge in [0.1, 0.15) is 11.6 Å². The molecule has 88 valence electrons. The summed E-state index contributed by atoms with van der Waals surface area (Å²) in [5.41, 5.74) is -0.123. The quantitative estimate of drug-likeness (QED) is 0.756. The van der Waals surface area contributed by atoms with Crippen molar-refractivity contribution < 1.29 is 23.8 Å². The first-order valence-corrected chi connectivity index (χ1v) is 4.79. The van der Waals surface area contributed by atoms with Crippen molar-refractivity contribution in [1.82, 2.24) is 0 Å². The molecule has 5 heteroatoms. The molecular weight excluding hydrogens is 215 g/mol. The number of hydrogen-bond donors (Lipinski definition) is 1. The molecular formula is C11H13FO4. The second kappa shape index (κ2) is 6.07. The van der Waals surface area contributed by atoms with Gasteiger partial charge in [-0.1, -0.05) is 0 Å². The molecule has 1 rings (SSSR count). The Kier molecular flexibility index (Phi) is 4.72. The third-order valence-electron chi connectivity index (χ3n) is 1.88. The maximum Gasteiger partial charge on any atom is 0.335 e. The minimum absolute atomic E-state index is 0.123. The second-order valence-electron chi connectivity index (χ2n) is 3.18. The predicted octanol–water partition coefficient (Wildman–Crippen LogP) is 1.94. The van der Waals surface area contributed by atoms with E-state index in [1.165, 1.54) is 6.07 Å². The lowest BCUT2D eigenvalue weighted by Crippen LogP contribution is -2.03. The van der Waals surface area contributed by atoms with Crippen LogP contribution in [0.4, 0.5) is 4.39 Å². The third kappa shape index (κ3) is 3.86. The highest BCUT2D eigenvalue weighted by Crippen LogP contribution is 2.16. The zero-order chi connectivity index (χ0) is 12.0. The van der Waals surface area contributed by atoms with Crippen LogP contribution in [0.1, 0.15) is 16.8 Å². The number of hydrogen-bond acceptors (Lipinski definition) is 3. The zero-order valence-electron chi connectivity index (χ0n) is 8.90. The van der Waals surface area contributed by atoms with Crippen molar-refractivity contribution >= 4 is 5.97 Å². The van der Waals surface area contributed by atoms with Crippen molar-refractivity contribution in [2.24, 2.45) is 0 Å². The highest BCUT2D eigenvalue weighted by molar-refractivity contribution is 5.88. The molecule has 0 heterocycles. The topological polar surface area (TPSA) is 55.8 Å². The highest BCUT2D eigenvalue weighted by atomic mass is 19.1. The van der Waals surface area contributed by atoms with Gasteiger partial charge in [-0.3, -0.25) is 0 Å². The number of aromatic carboxylic acids is 1. The number of carboxylic acids is 1. The molecule has 0 atom stereocenters. The van der Waals surface area contributed by atoms with Crippen LogP contribution in [-0.2, 0) is 4.74 Å². The van der Waals surface area contributed by atoms with E-state index in [-0.39, 0.29) is 11.3 Å². The maximum atomic E-state index is 13.0. The number of carboxylic acid groups (broad SMARTS) is 1. The molecule has 0 amide bonds. The van der Waals surface area contributed by atoms with Gasteiger partial charge in [0, 0.05) is 26.2 Å². The second-order valence-corrected chi connectivity index (χ2v) is 3.18. The number of benzene rings is 1. The van der Waals surface area contributed by atoms with E-state index in [0.29, 0.717) is 19.6 Å². The number of carbonyl (C=O) groups is 1. The van der Waals surface area contributed by atoms with Crippen LogP contribution in [0, 0.1) is 5.82 Å². The van der Waals surface area contributed by atoms with Gasteiger partial charge in [-0.05, 0) is 12.1 Å². The number of methoxy groups -OCH3 is 1. The Morgan fingerprint density at radius 3 is 2.75 bits per heavy atom. The van der Waals surface area contributed by atoms with Crippen molar-refractivity contribution in [3.05, 3.63) is 29.6 Å². The van der Waals surface area contributed by atoms with Crippen molar-refractivity contribution in [2.75, 3.05) is 20.3 Å². The molecule has 0 aliphatic heterocycles. The van der Waals surface area contributed by atoms with E-state index in [4.69, 9.17) is 14.6 Å². The van der Waals surface area contributed by atoms with Crippen LogP contribution in [0.25, 0.3) is 0 Å². The Hall–Kier alpha value is -1.62. The van der Waals surface area contributed by atoms with Gasteiger partial charge in [-0.15, -0.1) is 0 Å². The van der Waals surface area contributed by atoms with E-state index in [1.807, 2.05) is 0 Å². The molecule has 0 aliphatic rings. The Morgan fingerprint density at radius 2 is 2.12 bits per heavy atom. The highest BCUT2D eigenvalue weighted by Gasteiger charge is 2.07. The van der Waals surface area contributed by atoms with Gasteiger partial charge in [0.25, 0.3) is 0 Å². The Bertz CT molecular complexity index is 365. The summed E-state index contributed by atoms with van der Waals surface area (Å²) in [5.74, 6) is -1.59. The van der Waals surface area contributed by atoms with E-state index in [2.05, 4.69) is 0 Å². The lowest BCUT2D eigenvalue weighted by atomic mass is 10.2. The number of ether oxygens (including phenoxy) is 2. The lowest BCUT2D eigenvalue weighted by Gasteiger charge is -2.06. The van der Waals surface area contributed by atoms with Crippen molar-refractivity contribution in [2.45, 2.75) is 6.42 Å². The first-order chi connectivity index (χ1) is 7.63. The van der Waals surface area contributed by atoms with Crippen molar-refractivity contribution in [1.29, 1.82) is 0 Å². The SMILES string of the molecule is COCCCOc1cc(F)cc(C(=O)O)c1. The predicted molar refractivity (Wildman–Crippen MR) is 55.3 cm³/mol. The molecule has 0 aliphatic carbocycles. The molecule has 1 aromatic carbocycles. The lowest BCUT2D eigenvalue weighted by molar-refractivity contribution is 0.0695. The number of rotatable bonds is 6. The summed E-state index contributed by atoms with van der Waals surface area (Å²) in [6, 6.07) is 3.39. The first kappa shape index (κ1) is 12.4. The van der Waals surface area contributed by atoms with Crippen LogP contribution < -0.4 is 4.74 Å². The van der Waals surface area contributed by atoms with Gasteiger partial charge >= 0.3 is 5.97 Å². The zero-order valence-corrected chi connectivity index (χ0v) is 8.90. The summed E-state index contributed by atoms with van der Waals surface area (Å²) in [4.78, 5) is 10.6. The molecule has 0 spiro atoms. The fourth-order valence-electron chi connectivity index (χ4n) is 1.16. The van der Waals surface area contributed by atoms with E-state index in [1.54, 1.807) is 7.11 Å². The summed E-state index contributed by atoms with van der Waals surface area (Å²) in [6.45, 7) is 0.900. The van der Waals surface area contributed by atoms with Gasteiger partial charge in [-0.2, -0.15) is 0 Å². The summed E-state index contributed by atoms with van der Waals surface area (Å²) in [6.07, 6.45) is 0.662. The van der Waals surface area contributed by atoms with Gasteiger partial charge in [0.2, 0.25) is 0 Å². The van der Waals surface area contributed by atoms with Crippen LogP contribution in [0.5, 0.6) is 5.75 Å². The monoisotopic (exact) mass is 228 g/mol. The molecule has 0 saturated carbocycles. The molecule has 0 saturated heterocycles. The normalized spacial score (nSPS) is 10.1. The molecule has 1 aromatic rings. The largest absolute Gasteiger partial charge is 0.493 e. The Labute approximate surface area is 92.6 Å². The molecule has 16 heavy (non-hydrogen) atoms. The van der Waals surface area contributed by atoms with Gasteiger partial charge < -0.3 is 14.6 Å². The van der Waals surface area contributed by atoms with Crippen LogP contribution in [0.15, 0.2) is 18.2 Å². The van der Waals surface area contributed by atoms with E-state index < -0.39 is 11.8 Å². The van der Waals surface area contributed by atoms with Crippen molar-refractivity contribution in [3.8, 4) is 5.75 Å². The summed E-state index contributed by atoms with van der Waals surface area (Å²) in [5, 5.41) is 8.70. The molecule has 4 nitrogen and oxygen atoms in total.